The molecule has 0 bridgehead atoms. The molecule has 1 atom stereocenters. The molecule has 1 aromatic heterocycles. The van der Waals surface area contributed by atoms with Crippen molar-refractivity contribution >= 4 is 0 Å². The van der Waals surface area contributed by atoms with Gasteiger partial charge >= 0.3 is 0 Å². The van der Waals surface area contributed by atoms with Crippen molar-refractivity contribution in [2.45, 2.75) is 18.9 Å². The maximum absolute atomic E-state index is 9.96. The number of aromatic nitrogens is 3. The molecule has 0 aliphatic rings. The van der Waals surface area contributed by atoms with Gasteiger partial charge in [0.15, 0.2) is 0 Å². The lowest BCUT2D eigenvalue weighted by atomic mass is 10.0. The Morgan fingerprint density at radius 2 is 2.06 bits per heavy atom. The number of nitrogens with zero attached hydrogens (tertiary/aromatic N) is 3. The molecule has 1 heterocycles. The minimum atomic E-state index is -0.959. The van der Waals surface area contributed by atoms with Gasteiger partial charge in [-0.05, 0) is 19.1 Å². The lowest BCUT2D eigenvalue weighted by molar-refractivity contribution is 0.0671. The minimum Gasteiger partial charge on any atom is -0.388 e. The SMILES string of the molecule is CC(O)(CN)Cc1nncn1-c1ccccc1. The van der Waals surface area contributed by atoms with Gasteiger partial charge in [-0.25, -0.2) is 0 Å². The third kappa shape index (κ3) is 2.69. The summed E-state index contributed by atoms with van der Waals surface area (Å²) >= 11 is 0. The van der Waals surface area contributed by atoms with Gasteiger partial charge in [-0.15, -0.1) is 10.2 Å². The Kier molecular flexibility index (Phi) is 3.21. The summed E-state index contributed by atoms with van der Waals surface area (Å²) < 4.78 is 1.85. The summed E-state index contributed by atoms with van der Waals surface area (Å²) in [6, 6.07) is 9.76. The number of hydrogen-bond donors (Lipinski definition) is 2. The predicted molar refractivity (Wildman–Crippen MR) is 64.7 cm³/mol. The molecule has 2 rings (SSSR count). The normalized spacial score (nSPS) is 14.5. The maximum Gasteiger partial charge on any atom is 0.140 e. The summed E-state index contributed by atoms with van der Waals surface area (Å²) in [4.78, 5) is 0. The first kappa shape index (κ1) is 11.8. The van der Waals surface area contributed by atoms with Crippen LogP contribution in [0.2, 0.25) is 0 Å². The van der Waals surface area contributed by atoms with Crippen molar-refractivity contribution in [2.24, 2.45) is 5.73 Å². The summed E-state index contributed by atoms with van der Waals surface area (Å²) in [7, 11) is 0. The van der Waals surface area contributed by atoms with Crippen LogP contribution in [0.5, 0.6) is 0 Å². The van der Waals surface area contributed by atoms with Crippen molar-refractivity contribution in [3.8, 4) is 5.69 Å². The van der Waals surface area contributed by atoms with Gasteiger partial charge < -0.3 is 10.8 Å². The van der Waals surface area contributed by atoms with Gasteiger partial charge in [-0.3, -0.25) is 4.57 Å². The van der Waals surface area contributed by atoms with Gasteiger partial charge in [0.25, 0.3) is 0 Å². The first-order valence-electron chi connectivity index (χ1n) is 5.49. The fourth-order valence-corrected chi connectivity index (χ4v) is 1.60. The Labute approximate surface area is 99.9 Å². The number of aliphatic hydroxyl groups is 1. The first-order chi connectivity index (χ1) is 8.12. The lowest BCUT2D eigenvalue weighted by Gasteiger charge is -2.20. The summed E-state index contributed by atoms with van der Waals surface area (Å²) in [5.74, 6) is 0.701. The van der Waals surface area contributed by atoms with E-state index in [1.54, 1.807) is 13.3 Å². The highest BCUT2D eigenvalue weighted by molar-refractivity contribution is 5.32. The van der Waals surface area contributed by atoms with E-state index in [9.17, 15) is 5.11 Å². The average Bonchev–Trinajstić information content (AvgIpc) is 2.77. The highest BCUT2D eigenvalue weighted by Gasteiger charge is 2.22. The molecule has 0 amide bonds. The fraction of sp³-hybridized carbons (Fsp3) is 0.333. The van der Waals surface area contributed by atoms with E-state index in [0.29, 0.717) is 12.2 Å². The van der Waals surface area contributed by atoms with E-state index in [2.05, 4.69) is 10.2 Å². The molecule has 1 aromatic carbocycles. The molecule has 5 heteroatoms. The predicted octanol–water partition coefficient (Wildman–Crippen LogP) is 0.519. The maximum atomic E-state index is 9.96. The molecule has 0 fully saturated rings. The molecule has 5 nitrogen and oxygen atoms in total. The molecule has 17 heavy (non-hydrogen) atoms. The van der Waals surface area contributed by atoms with E-state index in [0.717, 1.165) is 5.69 Å². The Balaban J connectivity index is 2.30. The van der Waals surface area contributed by atoms with Crippen LogP contribution in [0, 0.1) is 0 Å². The molecule has 0 saturated carbocycles. The van der Waals surface area contributed by atoms with Crippen molar-refractivity contribution in [3.05, 3.63) is 42.5 Å². The molecule has 1 unspecified atom stereocenters. The van der Waals surface area contributed by atoms with E-state index in [1.165, 1.54) is 0 Å². The zero-order chi connectivity index (χ0) is 12.3. The average molecular weight is 232 g/mol. The third-order valence-corrected chi connectivity index (χ3v) is 2.63. The summed E-state index contributed by atoms with van der Waals surface area (Å²) in [5.41, 5.74) is 5.52. The second kappa shape index (κ2) is 4.65. The Morgan fingerprint density at radius 3 is 2.71 bits per heavy atom. The minimum absolute atomic E-state index is 0.189. The zero-order valence-corrected chi connectivity index (χ0v) is 9.74. The van der Waals surface area contributed by atoms with Gasteiger partial charge in [0.05, 0.1) is 5.60 Å². The Bertz CT molecular complexity index is 478. The Hall–Kier alpha value is -1.72. The summed E-state index contributed by atoms with van der Waals surface area (Å²) in [5, 5.41) is 17.9. The van der Waals surface area contributed by atoms with E-state index in [-0.39, 0.29) is 6.54 Å². The molecule has 3 N–H and O–H groups in total. The number of nitrogens with two attached hydrogens (primary N) is 1. The van der Waals surface area contributed by atoms with Crippen molar-refractivity contribution in [1.82, 2.24) is 14.8 Å². The van der Waals surface area contributed by atoms with E-state index in [1.807, 2.05) is 34.9 Å². The molecular weight excluding hydrogens is 216 g/mol. The van der Waals surface area contributed by atoms with Crippen LogP contribution in [0.3, 0.4) is 0 Å². The molecule has 0 radical (unpaired) electrons. The fourth-order valence-electron chi connectivity index (χ4n) is 1.60. The van der Waals surface area contributed by atoms with Crippen LogP contribution >= 0.6 is 0 Å². The molecule has 2 aromatic rings. The zero-order valence-electron chi connectivity index (χ0n) is 9.74. The highest BCUT2D eigenvalue weighted by Crippen LogP contribution is 2.14. The quantitative estimate of drug-likeness (QED) is 0.805. The van der Waals surface area contributed by atoms with E-state index in [4.69, 9.17) is 5.73 Å². The topological polar surface area (TPSA) is 77.0 Å². The number of hydrogen-bond acceptors (Lipinski definition) is 4. The highest BCUT2D eigenvalue weighted by atomic mass is 16.3. The standard InChI is InChI=1S/C12H16N4O/c1-12(17,8-13)7-11-15-14-9-16(11)10-5-3-2-4-6-10/h2-6,9,17H,7-8,13H2,1H3. The number of benzene rings is 1. The van der Waals surface area contributed by atoms with E-state index >= 15 is 0 Å². The van der Waals surface area contributed by atoms with Crippen molar-refractivity contribution in [2.75, 3.05) is 6.54 Å². The molecule has 0 saturated heterocycles. The number of para-hydroxylation sites is 1. The van der Waals surface area contributed by atoms with Gasteiger partial charge in [0, 0.05) is 18.7 Å². The van der Waals surface area contributed by atoms with Gasteiger partial charge in [-0.2, -0.15) is 0 Å². The smallest absolute Gasteiger partial charge is 0.140 e. The van der Waals surface area contributed by atoms with Gasteiger partial charge in [0.1, 0.15) is 12.2 Å². The molecule has 90 valence electrons. The lowest BCUT2D eigenvalue weighted by Crippen LogP contribution is -2.37. The van der Waals surface area contributed by atoms with Gasteiger partial charge in [-0.1, -0.05) is 18.2 Å². The third-order valence-electron chi connectivity index (χ3n) is 2.63. The monoisotopic (exact) mass is 232 g/mol. The van der Waals surface area contributed by atoms with Crippen molar-refractivity contribution < 1.29 is 5.11 Å². The molecule has 0 spiro atoms. The van der Waals surface area contributed by atoms with Crippen LogP contribution in [0.4, 0.5) is 0 Å². The second-order valence-electron chi connectivity index (χ2n) is 4.33. The number of rotatable bonds is 4. The summed E-state index contributed by atoms with van der Waals surface area (Å²) in [6.07, 6.45) is 2.01. The van der Waals surface area contributed by atoms with Gasteiger partial charge in [0.2, 0.25) is 0 Å². The van der Waals surface area contributed by atoms with Crippen LogP contribution in [-0.4, -0.2) is 32.0 Å². The molecule has 0 aliphatic carbocycles. The Morgan fingerprint density at radius 1 is 1.35 bits per heavy atom. The van der Waals surface area contributed by atoms with Crippen LogP contribution < -0.4 is 5.73 Å². The largest absolute Gasteiger partial charge is 0.388 e. The van der Waals surface area contributed by atoms with Crippen LogP contribution in [0.25, 0.3) is 5.69 Å². The molecular formula is C12H16N4O. The molecule has 0 aliphatic heterocycles. The second-order valence-corrected chi connectivity index (χ2v) is 4.33. The summed E-state index contributed by atoms with van der Waals surface area (Å²) in [6.45, 7) is 1.88. The van der Waals surface area contributed by atoms with Crippen molar-refractivity contribution in [3.63, 3.8) is 0 Å². The van der Waals surface area contributed by atoms with Crippen molar-refractivity contribution in [1.29, 1.82) is 0 Å². The van der Waals surface area contributed by atoms with Crippen LogP contribution in [-0.2, 0) is 6.42 Å². The van der Waals surface area contributed by atoms with E-state index < -0.39 is 5.60 Å². The van der Waals surface area contributed by atoms with Crippen LogP contribution in [0.15, 0.2) is 36.7 Å². The van der Waals surface area contributed by atoms with Crippen LogP contribution in [0.1, 0.15) is 12.7 Å². The first-order valence-corrected chi connectivity index (χ1v) is 5.49.